The molecule has 0 aromatic heterocycles. The zero-order valence-electron chi connectivity index (χ0n) is 12.5. The van der Waals surface area contributed by atoms with Crippen molar-refractivity contribution >= 4 is 22.6 Å². The zero-order valence-corrected chi connectivity index (χ0v) is 14.7. The molecule has 0 fully saturated rings. The van der Waals surface area contributed by atoms with Gasteiger partial charge in [0.05, 0.1) is 12.7 Å². The number of halogens is 1. The molecule has 0 amide bonds. The highest BCUT2D eigenvalue weighted by Crippen LogP contribution is 2.23. The number of aryl methyl sites for hydroxylation is 1. The first-order valence-corrected chi connectivity index (χ1v) is 8.97. The Balaban J connectivity index is 2.52. The summed E-state index contributed by atoms with van der Waals surface area (Å²) in [7, 11) is 0. The van der Waals surface area contributed by atoms with Crippen molar-refractivity contribution < 1.29 is 4.74 Å². The van der Waals surface area contributed by atoms with Crippen LogP contribution in [0.15, 0.2) is 24.3 Å². The lowest BCUT2D eigenvalue weighted by Crippen LogP contribution is -2.14. The van der Waals surface area contributed by atoms with Gasteiger partial charge in [0.25, 0.3) is 0 Å². The Morgan fingerprint density at radius 1 is 1.26 bits per heavy atom. The average molecular weight is 374 g/mol. The molecule has 0 saturated heterocycles. The van der Waals surface area contributed by atoms with E-state index in [4.69, 9.17) is 4.74 Å². The van der Waals surface area contributed by atoms with Crippen molar-refractivity contribution in [3.63, 3.8) is 0 Å². The van der Waals surface area contributed by atoms with Crippen molar-refractivity contribution in [2.24, 2.45) is 5.92 Å². The molecule has 1 rings (SSSR count). The molecule has 0 saturated carbocycles. The van der Waals surface area contributed by atoms with Crippen molar-refractivity contribution in [1.82, 2.24) is 0 Å². The molecule has 1 aromatic rings. The summed E-state index contributed by atoms with van der Waals surface area (Å²) in [5.74, 6) is 0.718. The molecule has 19 heavy (non-hydrogen) atoms. The van der Waals surface area contributed by atoms with Gasteiger partial charge in [0, 0.05) is 4.43 Å². The van der Waals surface area contributed by atoms with E-state index < -0.39 is 0 Å². The summed E-state index contributed by atoms with van der Waals surface area (Å²) < 4.78 is 7.19. The van der Waals surface area contributed by atoms with E-state index in [9.17, 15) is 0 Å². The molecule has 0 spiro atoms. The maximum absolute atomic E-state index is 6.17. The summed E-state index contributed by atoms with van der Waals surface area (Å²) in [5, 5.41) is 0. The van der Waals surface area contributed by atoms with Crippen molar-refractivity contribution in [1.29, 1.82) is 0 Å². The highest BCUT2D eigenvalue weighted by molar-refractivity contribution is 14.1. The van der Waals surface area contributed by atoms with E-state index >= 15 is 0 Å². The van der Waals surface area contributed by atoms with Gasteiger partial charge in [-0.1, -0.05) is 85.5 Å². The fourth-order valence-corrected chi connectivity index (χ4v) is 3.01. The first-order chi connectivity index (χ1) is 9.21. The second-order valence-corrected chi connectivity index (χ2v) is 6.19. The van der Waals surface area contributed by atoms with Crippen molar-refractivity contribution in [2.75, 3.05) is 11.0 Å². The minimum absolute atomic E-state index is 0.246. The minimum Gasteiger partial charge on any atom is -0.372 e. The van der Waals surface area contributed by atoms with E-state index in [1.807, 2.05) is 0 Å². The molecule has 2 heteroatoms. The Morgan fingerprint density at radius 3 is 2.63 bits per heavy atom. The van der Waals surface area contributed by atoms with Gasteiger partial charge in [0.15, 0.2) is 0 Å². The molecule has 0 N–H and O–H groups in total. The SMILES string of the molecule is CCCCC(CC)COC(CI)c1cccc(C)c1. The van der Waals surface area contributed by atoms with Crippen molar-refractivity contribution in [2.45, 2.75) is 52.6 Å². The third-order valence-electron chi connectivity index (χ3n) is 3.63. The maximum Gasteiger partial charge on any atom is 0.0914 e. The van der Waals surface area contributed by atoms with Gasteiger partial charge in [-0.2, -0.15) is 0 Å². The third kappa shape index (κ3) is 6.26. The van der Waals surface area contributed by atoms with Crippen molar-refractivity contribution in [3.05, 3.63) is 35.4 Å². The Morgan fingerprint density at radius 2 is 2.05 bits per heavy atom. The van der Waals surface area contributed by atoms with Crippen LogP contribution >= 0.6 is 22.6 Å². The molecule has 1 aromatic carbocycles. The molecule has 0 aliphatic carbocycles. The van der Waals surface area contributed by atoms with Crippen LogP contribution in [0.3, 0.4) is 0 Å². The van der Waals surface area contributed by atoms with E-state index in [1.165, 1.54) is 36.8 Å². The van der Waals surface area contributed by atoms with Crippen LogP contribution < -0.4 is 0 Å². The van der Waals surface area contributed by atoms with E-state index in [0.717, 1.165) is 17.0 Å². The van der Waals surface area contributed by atoms with E-state index in [2.05, 4.69) is 67.6 Å². The number of hydrogen-bond donors (Lipinski definition) is 0. The van der Waals surface area contributed by atoms with Crippen LogP contribution in [-0.4, -0.2) is 11.0 Å². The quantitative estimate of drug-likeness (QED) is 0.398. The highest BCUT2D eigenvalue weighted by atomic mass is 127. The summed E-state index contributed by atoms with van der Waals surface area (Å²) >= 11 is 2.43. The Labute approximate surface area is 132 Å². The van der Waals surface area contributed by atoms with Gasteiger partial charge < -0.3 is 4.74 Å². The minimum atomic E-state index is 0.246. The predicted molar refractivity (Wildman–Crippen MR) is 92.1 cm³/mol. The Bertz CT molecular complexity index is 351. The molecular formula is C17H27IO. The number of ether oxygens (including phenoxy) is 1. The monoisotopic (exact) mass is 374 g/mol. The lowest BCUT2D eigenvalue weighted by Gasteiger charge is -2.21. The van der Waals surface area contributed by atoms with Crippen LogP contribution in [0.2, 0.25) is 0 Å². The Kier molecular flexibility index (Phi) is 8.71. The smallest absolute Gasteiger partial charge is 0.0914 e. The third-order valence-corrected chi connectivity index (χ3v) is 4.43. The van der Waals surface area contributed by atoms with Crippen LogP contribution in [-0.2, 0) is 4.74 Å². The molecule has 0 aliphatic heterocycles. The standard InChI is InChI=1S/C17H27IO/c1-4-6-9-15(5-2)13-19-17(12-18)16-10-7-8-14(3)11-16/h7-8,10-11,15,17H,4-6,9,12-13H2,1-3H3. The van der Waals surface area contributed by atoms with Crippen LogP contribution in [0.5, 0.6) is 0 Å². The summed E-state index contributed by atoms with van der Waals surface area (Å²) in [6.07, 6.45) is 5.37. The summed E-state index contributed by atoms with van der Waals surface area (Å²) in [6, 6.07) is 8.70. The maximum atomic E-state index is 6.17. The molecule has 1 nitrogen and oxygen atoms in total. The fraction of sp³-hybridized carbons (Fsp3) is 0.647. The van der Waals surface area contributed by atoms with Crippen LogP contribution in [0.1, 0.15) is 56.8 Å². The fourth-order valence-electron chi connectivity index (χ4n) is 2.25. The van der Waals surface area contributed by atoms with Gasteiger partial charge in [0.2, 0.25) is 0 Å². The molecule has 2 atom stereocenters. The zero-order chi connectivity index (χ0) is 14.1. The number of unbranched alkanes of at least 4 members (excludes halogenated alkanes) is 1. The number of rotatable bonds is 9. The topological polar surface area (TPSA) is 9.23 Å². The van der Waals surface area contributed by atoms with Gasteiger partial charge >= 0.3 is 0 Å². The number of alkyl halides is 1. The van der Waals surface area contributed by atoms with Gasteiger partial charge in [-0.25, -0.2) is 0 Å². The van der Waals surface area contributed by atoms with E-state index in [-0.39, 0.29) is 6.10 Å². The second-order valence-electron chi connectivity index (χ2n) is 5.31. The summed E-state index contributed by atoms with van der Waals surface area (Å²) in [6.45, 7) is 7.57. The second kappa shape index (κ2) is 9.76. The molecule has 108 valence electrons. The highest BCUT2D eigenvalue weighted by Gasteiger charge is 2.13. The lowest BCUT2D eigenvalue weighted by molar-refractivity contribution is 0.0402. The average Bonchev–Trinajstić information content (AvgIpc) is 2.43. The van der Waals surface area contributed by atoms with Crippen LogP contribution in [0.4, 0.5) is 0 Å². The first kappa shape index (κ1) is 17.0. The largest absolute Gasteiger partial charge is 0.372 e. The summed E-state index contributed by atoms with van der Waals surface area (Å²) in [4.78, 5) is 0. The van der Waals surface area contributed by atoms with E-state index in [0.29, 0.717) is 0 Å². The first-order valence-electron chi connectivity index (χ1n) is 7.45. The number of benzene rings is 1. The lowest BCUT2D eigenvalue weighted by atomic mass is 10.0. The van der Waals surface area contributed by atoms with Gasteiger partial charge in [-0.05, 0) is 24.8 Å². The van der Waals surface area contributed by atoms with E-state index in [1.54, 1.807) is 0 Å². The van der Waals surface area contributed by atoms with Gasteiger partial charge in [-0.15, -0.1) is 0 Å². The number of hydrogen-bond acceptors (Lipinski definition) is 1. The Hall–Kier alpha value is -0.0900. The van der Waals surface area contributed by atoms with Crippen LogP contribution in [0, 0.1) is 12.8 Å². The molecule has 0 bridgehead atoms. The molecule has 0 heterocycles. The normalized spacial score (nSPS) is 14.3. The van der Waals surface area contributed by atoms with Gasteiger partial charge in [0.1, 0.15) is 0 Å². The summed E-state index contributed by atoms with van der Waals surface area (Å²) in [5.41, 5.74) is 2.63. The molecule has 0 aliphatic rings. The van der Waals surface area contributed by atoms with Gasteiger partial charge in [-0.3, -0.25) is 0 Å². The molecular weight excluding hydrogens is 347 g/mol. The van der Waals surface area contributed by atoms with Crippen LogP contribution in [0.25, 0.3) is 0 Å². The van der Waals surface area contributed by atoms with Crippen molar-refractivity contribution in [3.8, 4) is 0 Å². The predicted octanol–water partition coefficient (Wildman–Crippen LogP) is 5.70. The molecule has 2 unspecified atom stereocenters. The molecule has 0 radical (unpaired) electrons.